The molecule has 1 unspecified atom stereocenters. The molecule has 1 N–H and O–H groups in total. The first-order chi connectivity index (χ1) is 11.0. The molecule has 0 spiro atoms. The molecule has 3 amide bonds. The summed E-state index contributed by atoms with van der Waals surface area (Å²) >= 11 is 0. The van der Waals surface area contributed by atoms with Crippen LogP contribution in [0.15, 0.2) is 23.2 Å². The molecular weight excluding hydrogens is 303 g/mol. The number of nitrogens with zero attached hydrogens (tertiary/aromatic N) is 1. The molecule has 0 aliphatic carbocycles. The first-order valence-corrected chi connectivity index (χ1v) is 7.69. The molecule has 0 radical (unpaired) electrons. The molecule has 0 aromatic rings. The van der Waals surface area contributed by atoms with Crippen LogP contribution in [0, 0.1) is 0 Å². The summed E-state index contributed by atoms with van der Waals surface area (Å²) < 4.78 is 19.0. The smallest absolute Gasteiger partial charge is 0.257 e. The molecule has 0 saturated carbocycles. The highest BCUT2D eigenvalue weighted by atomic mass is 19.1. The van der Waals surface area contributed by atoms with Gasteiger partial charge in [-0.25, -0.2) is 4.39 Å². The van der Waals surface area contributed by atoms with Crippen molar-refractivity contribution < 1.29 is 23.5 Å². The molecule has 2 aliphatic rings. The molecule has 23 heavy (non-hydrogen) atoms. The Morgan fingerprint density at radius 1 is 1.30 bits per heavy atom. The SMILES string of the molecule is CO/C=C1\CCCCN(C2CCC(=O)NC2=O)C(=O)\C1=C(\C)F. The van der Waals surface area contributed by atoms with E-state index in [9.17, 15) is 18.8 Å². The molecule has 2 rings (SSSR count). The number of amides is 3. The minimum atomic E-state index is -0.739. The van der Waals surface area contributed by atoms with E-state index in [1.807, 2.05) is 0 Å². The summed E-state index contributed by atoms with van der Waals surface area (Å²) in [5, 5.41) is 2.24. The number of piperidine rings is 1. The summed E-state index contributed by atoms with van der Waals surface area (Å²) in [6, 6.07) is -0.739. The van der Waals surface area contributed by atoms with E-state index in [4.69, 9.17) is 4.74 Å². The fraction of sp³-hybridized carbons (Fsp3) is 0.562. The molecule has 126 valence electrons. The van der Waals surface area contributed by atoms with Crippen molar-refractivity contribution in [3.05, 3.63) is 23.2 Å². The lowest BCUT2D eigenvalue weighted by Crippen LogP contribution is -2.55. The van der Waals surface area contributed by atoms with Gasteiger partial charge in [-0.05, 0) is 32.6 Å². The van der Waals surface area contributed by atoms with Crippen LogP contribution in [0.3, 0.4) is 0 Å². The number of methoxy groups -OCH3 is 1. The lowest BCUT2D eigenvalue weighted by molar-refractivity contribution is -0.144. The molecule has 2 aliphatic heterocycles. The van der Waals surface area contributed by atoms with Gasteiger partial charge in [-0.15, -0.1) is 0 Å². The van der Waals surface area contributed by atoms with Crippen LogP contribution in [0.2, 0.25) is 0 Å². The van der Waals surface area contributed by atoms with E-state index < -0.39 is 23.7 Å². The molecule has 1 atom stereocenters. The number of likely N-dealkylation sites (tertiary alicyclic amines) is 1. The second kappa shape index (κ2) is 7.39. The minimum Gasteiger partial charge on any atom is -0.504 e. The number of rotatable bonds is 2. The van der Waals surface area contributed by atoms with Crippen molar-refractivity contribution in [2.45, 2.75) is 45.1 Å². The van der Waals surface area contributed by atoms with Gasteiger partial charge in [0.25, 0.3) is 5.91 Å². The van der Waals surface area contributed by atoms with Gasteiger partial charge in [-0.3, -0.25) is 19.7 Å². The lowest BCUT2D eigenvalue weighted by atomic mass is 9.94. The summed E-state index contributed by atoms with van der Waals surface area (Å²) in [4.78, 5) is 37.5. The fourth-order valence-corrected chi connectivity index (χ4v) is 3.01. The zero-order chi connectivity index (χ0) is 17.0. The predicted molar refractivity (Wildman–Crippen MR) is 80.6 cm³/mol. The van der Waals surface area contributed by atoms with Gasteiger partial charge in [0, 0.05) is 18.5 Å². The van der Waals surface area contributed by atoms with Gasteiger partial charge < -0.3 is 9.64 Å². The van der Waals surface area contributed by atoms with Crippen LogP contribution >= 0.6 is 0 Å². The fourth-order valence-electron chi connectivity index (χ4n) is 3.01. The number of hydrogen-bond donors (Lipinski definition) is 1. The number of imide groups is 1. The summed E-state index contributed by atoms with van der Waals surface area (Å²) in [7, 11) is 1.44. The number of halogens is 1. The molecule has 0 aromatic carbocycles. The maximum atomic E-state index is 14.0. The minimum absolute atomic E-state index is 0.0451. The van der Waals surface area contributed by atoms with Crippen LogP contribution in [0.1, 0.15) is 39.0 Å². The average molecular weight is 324 g/mol. The van der Waals surface area contributed by atoms with Gasteiger partial charge in [0.1, 0.15) is 11.9 Å². The van der Waals surface area contributed by atoms with Gasteiger partial charge in [-0.2, -0.15) is 0 Å². The zero-order valence-electron chi connectivity index (χ0n) is 13.4. The van der Waals surface area contributed by atoms with Crippen molar-refractivity contribution in [2.24, 2.45) is 0 Å². The van der Waals surface area contributed by atoms with Crippen molar-refractivity contribution in [3.8, 4) is 0 Å². The van der Waals surface area contributed by atoms with E-state index in [2.05, 4.69) is 5.32 Å². The Bertz CT molecular complexity index is 579. The number of carbonyl (C=O) groups is 3. The van der Waals surface area contributed by atoms with Crippen LogP contribution in [0.5, 0.6) is 0 Å². The monoisotopic (exact) mass is 324 g/mol. The lowest BCUT2D eigenvalue weighted by Gasteiger charge is -2.35. The number of nitrogens with one attached hydrogen (secondary N) is 1. The largest absolute Gasteiger partial charge is 0.504 e. The Kier molecular flexibility index (Phi) is 5.52. The predicted octanol–water partition coefficient (Wildman–Crippen LogP) is 1.58. The standard InChI is InChI=1S/C16H21FN2O4/c1-10(17)14-11(9-23-2)5-3-4-8-19(16(14)22)12-6-7-13(20)18-15(12)21/h9,12H,3-8H2,1-2H3,(H,18,20,21)/b11-9+,14-10-. The Morgan fingerprint density at radius 3 is 2.65 bits per heavy atom. The maximum absolute atomic E-state index is 14.0. The molecule has 2 heterocycles. The van der Waals surface area contributed by atoms with E-state index in [0.29, 0.717) is 25.0 Å². The van der Waals surface area contributed by atoms with E-state index >= 15 is 0 Å². The van der Waals surface area contributed by atoms with Crippen molar-refractivity contribution in [2.75, 3.05) is 13.7 Å². The quantitative estimate of drug-likeness (QED) is 0.475. The highest BCUT2D eigenvalue weighted by Gasteiger charge is 2.37. The van der Waals surface area contributed by atoms with Gasteiger partial charge in [0.15, 0.2) is 0 Å². The second-order valence-electron chi connectivity index (χ2n) is 5.71. The molecule has 2 saturated heterocycles. The van der Waals surface area contributed by atoms with Crippen molar-refractivity contribution in [3.63, 3.8) is 0 Å². The molecule has 0 bridgehead atoms. The third-order valence-electron chi connectivity index (χ3n) is 4.08. The zero-order valence-corrected chi connectivity index (χ0v) is 13.4. The van der Waals surface area contributed by atoms with Gasteiger partial charge in [0.2, 0.25) is 11.8 Å². The van der Waals surface area contributed by atoms with Crippen LogP contribution in [0.4, 0.5) is 4.39 Å². The second-order valence-corrected chi connectivity index (χ2v) is 5.71. The summed E-state index contributed by atoms with van der Waals surface area (Å²) in [5.74, 6) is -1.97. The van der Waals surface area contributed by atoms with Crippen LogP contribution in [-0.2, 0) is 19.1 Å². The molecule has 6 nitrogen and oxygen atoms in total. The van der Waals surface area contributed by atoms with Crippen LogP contribution < -0.4 is 5.32 Å². The van der Waals surface area contributed by atoms with E-state index in [0.717, 1.165) is 6.42 Å². The number of ether oxygens (including phenoxy) is 1. The van der Waals surface area contributed by atoms with E-state index in [1.54, 1.807) is 0 Å². The Hall–Kier alpha value is -2.18. The Labute approximate surface area is 134 Å². The third kappa shape index (κ3) is 3.78. The first kappa shape index (κ1) is 17.2. The summed E-state index contributed by atoms with van der Waals surface area (Å²) in [6.45, 7) is 1.59. The molecule has 2 fully saturated rings. The molecular formula is C16H21FN2O4. The van der Waals surface area contributed by atoms with Crippen LogP contribution in [-0.4, -0.2) is 42.3 Å². The third-order valence-corrected chi connectivity index (χ3v) is 4.08. The Balaban J connectivity index is 2.35. The normalized spacial score (nSPS) is 27.4. The van der Waals surface area contributed by atoms with E-state index in [-0.39, 0.29) is 24.3 Å². The first-order valence-electron chi connectivity index (χ1n) is 7.69. The summed E-state index contributed by atoms with van der Waals surface area (Å²) in [6.07, 6.45) is 3.81. The van der Waals surface area contributed by atoms with Gasteiger partial charge in [0.05, 0.1) is 18.9 Å². The highest BCUT2D eigenvalue weighted by molar-refractivity contribution is 6.05. The van der Waals surface area contributed by atoms with Crippen LogP contribution in [0.25, 0.3) is 0 Å². The van der Waals surface area contributed by atoms with Crippen molar-refractivity contribution in [1.82, 2.24) is 10.2 Å². The maximum Gasteiger partial charge on any atom is 0.257 e. The van der Waals surface area contributed by atoms with Crippen molar-refractivity contribution in [1.29, 1.82) is 0 Å². The average Bonchev–Trinajstić information content (AvgIpc) is 2.46. The summed E-state index contributed by atoms with van der Waals surface area (Å²) in [5.41, 5.74) is 0.450. The molecule has 7 heteroatoms. The number of carbonyl (C=O) groups excluding carboxylic acids is 3. The topological polar surface area (TPSA) is 75.7 Å². The number of hydrogen-bond acceptors (Lipinski definition) is 4. The highest BCUT2D eigenvalue weighted by Crippen LogP contribution is 2.28. The van der Waals surface area contributed by atoms with Gasteiger partial charge >= 0.3 is 0 Å². The molecule has 0 aromatic heterocycles. The van der Waals surface area contributed by atoms with Gasteiger partial charge in [-0.1, -0.05) is 0 Å². The Morgan fingerprint density at radius 2 is 2.04 bits per heavy atom. The van der Waals surface area contributed by atoms with Crippen molar-refractivity contribution >= 4 is 17.7 Å². The number of allylic oxidation sites excluding steroid dienone is 1. The van der Waals surface area contributed by atoms with E-state index in [1.165, 1.54) is 25.2 Å².